The number of hydrogen-bond acceptors (Lipinski definition) is 4. The lowest BCUT2D eigenvalue weighted by molar-refractivity contribution is -0.119. The van der Waals surface area contributed by atoms with Crippen molar-refractivity contribution in [3.05, 3.63) is 29.3 Å². The molecule has 1 saturated carbocycles. The van der Waals surface area contributed by atoms with Gasteiger partial charge in [-0.1, -0.05) is 37.0 Å². The predicted molar refractivity (Wildman–Crippen MR) is 115 cm³/mol. The zero-order chi connectivity index (χ0) is 19.9. The Kier molecular flexibility index (Phi) is 8.48. The number of nitrogens with zero attached hydrogens (tertiary/aromatic N) is 1. The van der Waals surface area contributed by atoms with Gasteiger partial charge in [0.2, 0.25) is 15.9 Å². The van der Waals surface area contributed by atoms with Crippen LogP contribution in [0.15, 0.2) is 18.2 Å². The van der Waals surface area contributed by atoms with E-state index in [-0.39, 0.29) is 12.5 Å². The van der Waals surface area contributed by atoms with Gasteiger partial charge >= 0.3 is 0 Å². The summed E-state index contributed by atoms with van der Waals surface area (Å²) in [5.41, 5.74) is 2.47. The molecule has 2 rings (SSSR count). The third-order valence-electron chi connectivity index (χ3n) is 4.86. The summed E-state index contributed by atoms with van der Waals surface area (Å²) in [6.45, 7) is 4.22. The molecule has 0 atom stereocenters. The minimum Gasteiger partial charge on any atom is -0.354 e. The van der Waals surface area contributed by atoms with E-state index in [4.69, 9.17) is 0 Å². The Hall–Kier alpha value is -1.21. The van der Waals surface area contributed by atoms with Crippen LogP contribution in [0, 0.1) is 13.8 Å². The molecule has 27 heavy (non-hydrogen) atoms. The van der Waals surface area contributed by atoms with Crippen molar-refractivity contribution in [2.75, 3.05) is 29.4 Å². The van der Waals surface area contributed by atoms with Crippen LogP contribution >= 0.6 is 11.8 Å². The fourth-order valence-electron chi connectivity index (χ4n) is 3.43. The van der Waals surface area contributed by atoms with Crippen molar-refractivity contribution in [3.8, 4) is 0 Å². The summed E-state index contributed by atoms with van der Waals surface area (Å²) < 4.78 is 25.6. The van der Waals surface area contributed by atoms with E-state index in [0.29, 0.717) is 12.2 Å². The van der Waals surface area contributed by atoms with Gasteiger partial charge in [-0.05, 0) is 50.5 Å². The fourth-order valence-corrected chi connectivity index (χ4v) is 5.66. The first-order valence-electron chi connectivity index (χ1n) is 9.70. The number of rotatable bonds is 9. The maximum atomic E-state index is 12.3. The number of aryl methyl sites for hydroxylation is 2. The summed E-state index contributed by atoms with van der Waals surface area (Å²) in [5, 5.41) is 3.64. The highest BCUT2D eigenvalue weighted by atomic mass is 32.2. The van der Waals surface area contributed by atoms with Gasteiger partial charge in [-0.15, -0.1) is 0 Å². The van der Waals surface area contributed by atoms with Gasteiger partial charge in [0.15, 0.2) is 0 Å². The van der Waals surface area contributed by atoms with Crippen LogP contribution in [-0.2, 0) is 14.8 Å². The van der Waals surface area contributed by atoms with Crippen LogP contribution in [0.3, 0.4) is 0 Å². The average Bonchev–Trinajstić information content (AvgIpc) is 2.60. The monoisotopic (exact) mass is 412 g/mol. The highest BCUT2D eigenvalue weighted by molar-refractivity contribution is 7.99. The van der Waals surface area contributed by atoms with Gasteiger partial charge in [-0.2, -0.15) is 11.8 Å². The molecule has 1 N–H and O–H groups in total. The second-order valence-electron chi connectivity index (χ2n) is 7.39. The molecule has 1 aliphatic carbocycles. The number of carbonyl (C=O) groups excluding carboxylic acids is 1. The predicted octanol–water partition coefficient (Wildman–Crippen LogP) is 3.64. The van der Waals surface area contributed by atoms with Crippen LogP contribution in [0.25, 0.3) is 0 Å². The molecule has 152 valence electrons. The van der Waals surface area contributed by atoms with Gasteiger partial charge in [0, 0.05) is 11.8 Å². The number of carbonyl (C=O) groups is 1. The van der Waals surface area contributed by atoms with Crippen molar-refractivity contribution >= 4 is 33.4 Å². The second-order valence-corrected chi connectivity index (χ2v) is 10.7. The number of hydrogen-bond donors (Lipinski definition) is 1. The highest BCUT2D eigenvalue weighted by Gasteiger charge is 2.22. The molecule has 1 aromatic carbocycles. The van der Waals surface area contributed by atoms with E-state index in [2.05, 4.69) is 5.32 Å². The van der Waals surface area contributed by atoms with Crippen LogP contribution in [0.4, 0.5) is 5.69 Å². The van der Waals surface area contributed by atoms with Gasteiger partial charge in [-0.3, -0.25) is 9.10 Å². The number of amides is 1. The lowest BCUT2D eigenvalue weighted by atomic mass is 10.0. The topological polar surface area (TPSA) is 66.5 Å². The summed E-state index contributed by atoms with van der Waals surface area (Å²) >= 11 is 2.01. The molecule has 1 amide bonds. The zero-order valence-corrected chi connectivity index (χ0v) is 18.3. The molecule has 0 aromatic heterocycles. The van der Waals surface area contributed by atoms with Crippen molar-refractivity contribution in [2.45, 2.75) is 57.6 Å². The molecule has 1 aliphatic rings. The SMILES string of the molecule is Cc1ccc(N(CC(=O)NCCCSC2CCCCC2)S(C)(=O)=O)c(C)c1. The van der Waals surface area contributed by atoms with E-state index in [9.17, 15) is 13.2 Å². The quantitative estimate of drug-likeness (QED) is 0.629. The fraction of sp³-hybridized carbons (Fsp3) is 0.650. The first kappa shape index (κ1) is 22.1. The van der Waals surface area contributed by atoms with Crippen LogP contribution in [0.2, 0.25) is 0 Å². The summed E-state index contributed by atoms with van der Waals surface area (Å²) in [7, 11) is -3.53. The first-order valence-corrected chi connectivity index (χ1v) is 12.6. The Bertz CT molecular complexity index is 729. The lowest BCUT2D eigenvalue weighted by Crippen LogP contribution is -2.41. The standard InChI is InChI=1S/C20H32N2O3S2/c1-16-10-11-19(17(2)14-16)22(27(3,24)25)15-20(23)21-12-7-13-26-18-8-5-4-6-9-18/h10-11,14,18H,4-9,12-13,15H2,1-3H3,(H,21,23). The maximum Gasteiger partial charge on any atom is 0.240 e. The average molecular weight is 413 g/mol. The molecule has 5 nitrogen and oxygen atoms in total. The molecule has 0 spiro atoms. The Morgan fingerprint density at radius 1 is 1.22 bits per heavy atom. The number of nitrogens with one attached hydrogen (secondary N) is 1. The number of sulfonamides is 1. The molecule has 1 fully saturated rings. The Balaban J connectivity index is 1.81. The Labute approximate surface area is 168 Å². The third-order valence-corrected chi connectivity index (χ3v) is 7.45. The molecule has 0 heterocycles. The van der Waals surface area contributed by atoms with Crippen LogP contribution in [0.5, 0.6) is 0 Å². The van der Waals surface area contributed by atoms with Gasteiger partial charge in [0.1, 0.15) is 6.54 Å². The smallest absolute Gasteiger partial charge is 0.240 e. The Morgan fingerprint density at radius 3 is 2.56 bits per heavy atom. The molecule has 0 aliphatic heterocycles. The van der Waals surface area contributed by atoms with Crippen molar-refractivity contribution in [3.63, 3.8) is 0 Å². The second kappa shape index (κ2) is 10.4. The van der Waals surface area contributed by atoms with Crippen molar-refractivity contribution in [1.29, 1.82) is 0 Å². The summed E-state index contributed by atoms with van der Waals surface area (Å²) in [6.07, 6.45) is 8.73. The Morgan fingerprint density at radius 2 is 1.93 bits per heavy atom. The van der Waals surface area contributed by atoms with Crippen molar-refractivity contribution < 1.29 is 13.2 Å². The minimum atomic E-state index is -3.53. The summed E-state index contributed by atoms with van der Waals surface area (Å²) in [6, 6.07) is 5.55. The normalized spacial score (nSPS) is 15.5. The van der Waals surface area contributed by atoms with Gasteiger partial charge in [0.25, 0.3) is 0 Å². The largest absolute Gasteiger partial charge is 0.354 e. The summed E-state index contributed by atoms with van der Waals surface area (Å²) in [4.78, 5) is 12.3. The van der Waals surface area contributed by atoms with Crippen molar-refractivity contribution in [2.24, 2.45) is 0 Å². The molecule has 0 unspecified atom stereocenters. The zero-order valence-electron chi connectivity index (χ0n) is 16.7. The maximum absolute atomic E-state index is 12.3. The molecule has 7 heteroatoms. The van der Waals surface area contributed by atoms with Crippen molar-refractivity contribution in [1.82, 2.24) is 5.32 Å². The van der Waals surface area contributed by atoms with E-state index in [1.54, 1.807) is 6.07 Å². The molecule has 0 radical (unpaired) electrons. The highest BCUT2D eigenvalue weighted by Crippen LogP contribution is 2.28. The first-order chi connectivity index (χ1) is 12.8. The van der Waals surface area contributed by atoms with E-state index in [1.807, 2.05) is 37.7 Å². The number of anilines is 1. The van der Waals surface area contributed by atoms with Crippen LogP contribution in [-0.4, -0.2) is 44.7 Å². The molecule has 1 aromatic rings. The number of thioether (sulfide) groups is 1. The van der Waals surface area contributed by atoms with Crippen LogP contribution in [0.1, 0.15) is 49.7 Å². The van der Waals surface area contributed by atoms with E-state index >= 15 is 0 Å². The van der Waals surface area contributed by atoms with Gasteiger partial charge in [-0.25, -0.2) is 8.42 Å². The van der Waals surface area contributed by atoms with E-state index in [1.165, 1.54) is 36.4 Å². The van der Waals surface area contributed by atoms with Gasteiger partial charge in [0.05, 0.1) is 11.9 Å². The molecular weight excluding hydrogens is 380 g/mol. The summed E-state index contributed by atoms with van der Waals surface area (Å²) in [5.74, 6) is 0.778. The van der Waals surface area contributed by atoms with E-state index in [0.717, 1.165) is 34.8 Å². The lowest BCUT2D eigenvalue weighted by Gasteiger charge is -2.24. The third kappa shape index (κ3) is 7.37. The van der Waals surface area contributed by atoms with E-state index < -0.39 is 10.0 Å². The number of benzene rings is 1. The molecule has 0 bridgehead atoms. The molecular formula is C20H32N2O3S2. The van der Waals surface area contributed by atoms with Gasteiger partial charge < -0.3 is 5.32 Å². The minimum absolute atomic E-state index is 0.182. The van der Waals surface area contributed by atoms with Crippen LogP contribution < -0.4 is 9.62 Å². The molecule has 0 saturated heterocycles.